The van der Waals surface area contributed by atoms with E-state index in [1.54, 1.807) is 12.1 Å². The highest BCUT2D eigenvalue weighted by molar-refractivity contribution is 5.51. The fourth-order valence-electron chi connectivity index (χ4n) is 1.56. The van der Waals surface area contributed by atoms with Crippen molar-refractivity contribution in [2.75, 3.05) is 11.1 Å². The first-order valence-corrected chi connectivity index (χ1v) is 5.25. The van der Waals surface area contributed by atoms with Crippen molar-refractivity contribution in [3.8, 4) is 11.5 Å². The summed E-state index contributed by atoms with van der Waals surface area (Å²) in [6.45, 7) is 0.520. The molecule has 0 unspecified atom stereocenters. The van der Waals surface area contributed by atoms with Crippen molar-refractivity contribution >= 4 is 11.4 Å². The number of hydrogen-bond acceptors (Lipinski definition) is 4. The lowest BCUT2D eigenvalue weighted by Crippen LogP contribution is -1.99. The molecule has 0 spiro atoms. The van der Waals surface area contributed by atoms with Crippen LogP contribution in [0.2, 0.25) is 0 Å². The number of nitrogens with two attached hydrogens (primary N) is 1. The van der Waals surface area contributed by atoms with Gasteiger partial charge in [-0.25, -0.2) is 0 Å². The average molecular weight is 230 g/mol. The van der Waals surface area contributed by atoms with Crippen LogP contribution in [-0.4, -0.2) is 10.2 Å². The number of anilines is 2. The molecule has 0 heterocycles. The summed E-state index contributed by atoms with van der Waals surface area (Å²) in [5, 5.41) is 21.8. The van der Waals surface area contributed by atoms with Gasteiger partial charge < -0.3 is 21.3 Å². The van der Waals surface area contributed by atoms with Crippen LogP contribution < -0.4 is 11.1 Å². The van der Waals surface area contributed by atoms with Crippen LogP contribution in [0.15, 0.2) is 42.5 Å². The van der Waals surface area contributed by atoms with Crippen LogP contribution in [0.25, 0.3) is 0 Å². The SMILES string of the molecule is Nc1ccc(NCc2cc(O)cc(O)c2)cc1. The topological polar surface area (TPSA) is 78.5 Å². The van der Waals surface area contributed by atoms with Gasteiger partial charge in [-0.1, -0.05) is 0 Å². The van der Waals surface area contributed by atoms with Crippen LogP contribution >= 0.6 is 0 Å². The first-order valence-electron chi connectivity index (χ1n) is 5.25. The minimum Gasteiger partial charge on any atom is -0.508 e. The van der Waals surface area contributed by atoms with Gasteiger partial charge >= 0.3 is 0 Å². The van der Waals surface area contributed by atoms with E-state index in [9.17, 15) is 10.2 Å². The second-order valence-corrected chi connectivity index (χ2v) is 3.83. The zero-order chi connectivity index (χ0) is 12.3. The predicted molar refractivity (Wildman–Crippen MR) is 68.0 cm³/mol. The summed E-state index contributed by atoms with van der Waals surface area (Å²) in [4.78, 5) is 0. The molecule has 0 fully saturated rings. The summed E-state index contributed by atoms with van der Waals surface area (Å²) in [6, 6.07) is 11.9. The minimum absolute atomic E-state index is 0.0547. The maximum atomic E-state index is 9.32. The van der Waals surface area contributed by atoms with E-state index < -0.39 is 0 Å². The van der Waals surface area contributed by atoms with Gasteiger partial charge in [-0.05, 0) is 42.0 Å². The number of nitrogens with one attached hydrogen (secondary N) is 1. The lowest BCUT2D eigenvalue weighted by atomic mass is 10.2. The van der Waals surface area contributed by atoms with Gasteiger partial charge in [0.2, 0.25) is 0 Å². The van der Waals surface area contributed by atoms with Gasteiger partial charge in [0.05, 0.1) is 0 Å². The van der Waals surface area contributed by atoms with Crippen LogP contribution in [0, 0.1) is 0 Å². The summed E-state index contributed by atoms with van der Waals surface area (Å²) < 4.78 is 0. The number of hydrogen-bond donors (Lipinski definition) is 4. The average Bonchev–Trinajstić information content (AvgIpc) is 2.27. The van der Waals surface area contributed by atoms with Gasteiger partial charge in [-0.3, -0.25) is 0 Å². The van der Waals surface area contributed by atoms with E-state index in [0.29, 0.717) is 12.2 Å². The monoisotopic (exact) mass is 230 g/mol. The van der Waals surface area contributed by atoms with Gasteiger partial charge in [0, 0.05) is 24.0 Å². The molecule has 2 aromatic carbocycles. The van der Waals surface area contributed by atoms with Gasteiger partial charge in [0.25, 0.3) is 0 Å². The Labute approximate surface area is 99.3 Å². The van der Waals surface area contributed by atoms with E-state index in [1.165, 1.54) is 6.07 Å². The maximum absolute atomic E-state index is 9.32. The van der Waals surface area contributed by atoms with Crippen molar-refractivity contribution in [2.45, 2.75) is 6.54 Å². The first-order chi connectivity index (χ1) is 8.13. The van der Waals surface area contributed by atoms with E-state index in [1.807, 2.05) is 24.3 Å². The van der Waals surface area contributed by atoms with Crippen molar-refractivity contribution in [2.24, 2.45) is 0 Å². The molecular formula is C13H14N2O2. The fraction of sp³-hybridized carbons (Fsp3) is 0.0769. The number of nitrogen functional groups attached to an aromatic ring is 1. The molecule has 17 heavy (non-hydrogen) atoms. The van der Waals surface area contributed by atoms with Crippen molar-refractivity contribution in [3.63, 3.8) is 0 Å². The molecule has 4 heteroatoms. The zero-order valence-electron chi connectivity index (χ0n) is 9.22. The Kier molecular flexibility index (Phi) is 3.05. The molecule has 0 radical (unpaired) electrons. The molecule has 0 aromatic heterocycles. The first kappa shape index (κ1) is 11.1. The van der Waals surface area contributed by atoms with E-state index in [-0.39, 0.29) is 11.5 Å². The van der Waals surface area contributed by atoms with Gasteiger partial charge in [-0.2, -0.15) is 0 Å². The van der Waals surface area contributed by atoms with Crippen LogP contribution in [0.5, 0.6) is 11.5 Å². The molecule has 0 aliphatic carbocycles. The molecule has 0 saturated heterocycles. The molecule has 0 aliphatic heterocycles. The standard InChI is InChI=1S/C13H14N2O2/c14-10-1-3-11(4-2-10)15-8-9-5-12(16)7-13(17)6-9/h1-7,15-17H,8,14H2. The molecule has 0 bridgehead atoms. The van der Waals surface area contributed by atoms with E-state index in [0.717, 1.165) is 11.3 Å². The van der Waals surface area contributed by atoms with Gasteiger partial charge in [-0.15, -0.1) is 0 Å². The molecular weight excluding hydrogens is 216 g/mol. The second kappa shape index (κ2) is 4.65. The van der Waals surface area contributed by atoms with E-state index in [2.05, 4.69) is 5.32 Å². The van der Waals surface area contributed by atoms with Crippen LogP contribution in [0.4, 0.5) is 11.4 Å². The highest BCUT2D eigenvalue weighted by Crippen LogP contribution is 2.21. The normalized spacial score (nSPS) is 10.1. The largest absolute Gasteiger partial charge is 0.508 e. The quantitative estimate of drug-likeness (QED) is 0.610. The van der Waals surface area contributed by atoms with E-state index in [4.69, 9.17) is 5.73 Å². The summed E-state index contributed by atoms with van der Waals surface area (Å²) in [7, 11) is 0. The summed E-state index contributed by atoms with van der Waals surface area (Å²) in [6.07, 6.45) is 0. The van der Waals surface area contributed by atoms with Crippen molar-refractivity contribution in [1.29, 1.82) is 0 Å². The Morgan fingerprint density at radius 1 is 0.941 bits per heavy atom. The molecule has 2 rings (SSSR count). The number of aromatic hydroxyl groups is 2. The zero-order valence-corrected chi connectivity index (χ0v) is 9.22. The summed E-state index contributed by atoms with van der Waals surface area (Å²) in [5.74, 6) is 0.109. The number of phenolic OH excluding ortho intramolecular Hbond substituents is 2. The molecule has 0 atom stereocenters. The Balaban J connectivity index is 2.04. The Morgan fingerprint density at radius 2 is 1.53 bits per heavy atom. The molecule has 0 aliphatic rings. The smallest absolute Gasteiger partial charge is 0.119 e. The lowest BCUT2D eigenvalue weighted by Gasteiger charge is -2.07. The molecule has 5 N–H and O–H groups in total. The molecule has 0 saturated carbocycles. The van der Waals surface area contributed by atoms with Gasteiger partial charge in [0.1, 0.15) is 11.5 Å². The van der Waals surface area contributed by atoms with Gasteiger partial charge in [0.15, 0.2) is 0 Å². The van der Waals surface area contributed by atoms with Crippen LogP contribution in [0.1, 0.15) is 5.56 Å². The molecule has 88 valence electrons. The third kappa shape index (κ3) is 3.04. The van der Waals surface area contributed by atoms with E-state index >= 15 is 0 Å². The Morgan fingerprint density at radius 3 is 2.12 bits per heavy atom. The Hall–Kier alpha value is -2.36. The third-order valence-electron chi connectivity index (χ3n) is 2.37. The third-order valence-corrected chi connectivity index (χ3v) is 2.37. The second-order valence-electron chi connectivity index (χ2n) is 3.83. The maximum Gasteiger partial charge on any atom is 0.119 e. The lowest BCUT2D eigenvalue weighted by molar-refractivity contribution is 0.449. The van der Waals surface area contributed by atoms with Crippen molar-refractivity contribution < 1.29 is 10.2 Å². The predicted octanol–water partition coefficient (Wildman–Crippen LogP) is 2.29. The number of benzene rings is 2. The molecule has 2 aromatic rings. The summed E-state index contributed by atoms with van der Waals surface area (Å²) in [5.41, 5.74) is 8.03. The van der Waals surface area contributed by atoms with Crippen molar-refractivity contribution in [3.05, 3.63) is 48.0 Å². The van der Waals surface area contributed by atoms with Crippen molar-refractivity contribution in [1.82, 2.24) is 0 Å². The Bertz CT molecular complexity index is 489. The van der Waals surface area contributed by atoms with Crippen LogP contribution in [-0.2, 0) is 6.54 Å². The number of phenols is 2. The summed E-state index contributed by atoms with van der Waals surface area (Å²) >= 11 is 0. The highest BCUT2D eigenvalue weighted by atomic mass is 16.3. The number of rotatable bonds is 3. The minimum atomic E-state index is 0.0547. The molecule has 4 nitrogen and oxygen atoms in total. The molecule has 0 amide bonds. The van der Waals surface area contributed by atoms with Crippen LogP contribution in [0.3, 0.4) is 0 Å². The highest BCUT2D eigenvalue weighted by Gasteiger charge is 1.99. The fourth-order valence-corrected chi connectivity index (χ4v) is 1.56.